The number of methoxy groups -OCH3 is 2. The van der Waals surface area contributed by atoms with Crippen LogP contribution in [-0.4, -0.2) is 32.6 Å². The van der Waals surface area contributed by atoms with Crippen molar-refractivity contribution in [2.75, 3.05) is 14.2 Å². The summed E-state index contributed by atoms with van der Waals surface area (Å²) in [6.07, 6.45) is 12.7. The highest BCUT2D eigenvalue weighted by Gasteiger charge is 2.34. The number of ether oxygens (including phenoxy) is 2. The fraction of sp³-hybridized carbons (Fsp3) is 1.00. The molecule has 0 bridgehead atoms. The van der Waals surface area contributed by atoms with E-state index in [9.17, 15) is 0 Å². The monoisotopic (exact) mass is 283 g/mol. The maximum Gasteiger partial charge on any atom is 0.171 e. The lowest BCUT2D eigenvalue weighted by molar-refractivity contribution is -0.122. The fourth-order valence-corrected chi connectivity index (χ4v) is 4.41. The summed E-state index contributed by atoms with van der Waals surface area (Å²) >= 11 is 0. The summed E-state index contributed by atoms with van der Waals surface area (Å²) in [5.41, 5.74) is 0. The number of rotatable bonds is 6. The zero-order chi connectivity index (χ0) is 14.4. The average Bonchev–Trinajstić information content (AvgIpc) is 2.50. The molecule has 0 radical (unpaired) electrons. The molecule has 0 aliphatic heterocycles. The van der Waals surface area contributed by atoms with Crippen LogP contribution in [0.1, 0.15) is 64.7 Å². The standard InChI is InChI=1S/C17H33NO2/c1-13(17(19-2)20-3)18-16-12-8-7-11-15(16)14-9-5-4-6-10-14/h13-18H,4-12H2,1-3H3. The van der Waals surface area contributed by atoms with Crippen LogP contribution in [0, 0.1) is 11.8 Å². The summed E-state index contributed by atoms with van der Waals surface area (Å²) in [4.78, 5) is 0. The molecule has 2 aliphatic carbocycles. The third-order valence-corrected chi connectivity index (χ3v) is 5.42. The van der Waals surface area contributed by atoms with Gasteiger partial charge in [0.25, 0.3) is 0 Å². The molecule has 0 heterocycles. The number of hydrogen-bond acceptors (Lipinski definition) is 3. The predicted octanol–water partition coefficient (Wildman–Crippen LogP) is 3.72. The highest BCUT2D eigenvalue weighted by atomic mass is 16.7. The molecule has 3 nitrogen and oxygen atoms in total. The van der Waals surface area contributed by atoms with E-state index < -0.39 is 0 Å². The van der Waals surface area contributed by atoms with Gasteiger partial charge in [-0.25, -0.2) is 0 Å². The Hall–Kier alpha value is -0.120. The maximum atomic E-state index is 5.40. The van der Waals surface area contributed by atoms with Crippen molar-refractivity contribution in [1.29, 1.82) is 0 Å². The van der Waals surface area contributed by atoms with Gasteiger partial charge in [0.1, 0.15) is 0 Å². The topological polar surface area (TPSA) is 30.5 Å². The van der Waals surface area contributed by atoms with Gasteiger partial charge in [0.2, 0.25) is 0 Å². The minimum atomic E-state index is -0.135. The van der Waals surface area contributed by atoms with Crippen molar-refractivity contribution in [1.82, 2.24) is 5.32 Å². The van der Waals surface area contributed by atoms with Gasteiger partial charge in [0.05, 0.1) is 6.04 Å². The molecule has 118 valence electrons. The first-order valence-corrected chi connectivity index (χ1v) is 8.58. The molecule has 0 aromatic rings. The lowest BCUT2D eigenvalue weighted by Gasteiger charge is -2.41. The van der Waals surface area contributed by atoms with Crippen LogP contribution in [0.2, 0.25) is 0 Å². The zero-order valence-corrected chi connectivity index (χ0v) is 13.6. The number of nitrogens with one attached hydrogen (secondary N) is 1. The molecular weight excluding hydrogens is 250 g/mol. The van der Waals surface area contributed by atoms with Crippen molar-refractivity contribution in [3.05, 3.63) is 0 Å². The Morgan fingerprint density at radius 1 is 0.850 bits per heavy atom. The molecule has 3 unspecified atom stereocenters. The summed E-state index contributed by atoms with van der Waals surface area (Å²) in [5.74, 6) is 1.83. The Balaban J connectivity index is 1.92. The summed E-state index contributed by atoms with van der Waals surface area (Å²) in [6.45, 7) is 2.18. The molecule has 2 fully saturated rings. The third kappa shape index (κ3) is 4.19. The summed E-state index contributed by atoms with van der Waals surface area (Å²) < 4.78 is 10.8. The first kappa shape index (κ1) is 16.3. The van der Waals surface area contributed by atoms with Crippen molar-refractivity contribution < 1.29 is 9.47 Å². The SMILES string of the molecule is COC(OC)C(C)NC1CCCCC1C1CCCCC1. The van der Waals surface area contributed by atoms with E-state index in [0.717, 1.165) is 11.8 Å². The molecule has 0 aromatic heterocycles. The van der Waals surface area contributed by atoms with E-state index in [1.807, 2.05) is 0 Å². The van der Waals surface area contributed by atoms with Crippen LogP contribution < -0.4 is 5.32 Å². The maximum absolute atomic E-state index is 5.40. The third-order valence-electron chi connectivity index (χ3n) is 5.42. The largest absolute Gasteiger partial charge is 0.354 e. The van der Waals surface area contributed by atoms with Gasteiger partial charge in [-0.3, -0.25) is 0 Å². The van der Waals surface area contributed by atoms with Crippen molar-refractivity contribution in [3.63, 3.8) is 0 Å². The molecule has 0 amide bonds. The average molecular weight is 283 g/mol. The quantitative estimate of drug-likeness (QED) is 0.754. The van der Waals surface area contributed by atoms with Gasteiger partial charge in [-0.1, -0.05) is 44.9 Å². The van der Waals surface area contributed by atoms with Gasteiger partial charge in [0.15, 0.2) is 6.29 Å². The van der Waals surface area contributed by atoms with E-state index in [1.54, 1.807) is 14.2 Å². The first-order chi connectivity index (χ1) is 9.76. The summed E-state index contributed by atoms with van der Waals surface area (Å²) in [7, 11) is 3.46. The van der Waals surface area contributed by atoms with Gasteiger partial charge < -0.3 is 14.8 Å². The van der Waals surface area contributed by atoms with Crippen LogP contribution in [0.3, 0.4) is 0 Å². The van der Waals surface area contributed by atoms with E-state index in [1.165, 1.54) is 57.8 Å². The van der Waals surface area contributed by atoms with E-state index in [2.05, 4.69) is 12.2 Å². The highest BCUT2D eigenvalue weighted by Crippen LogP contribution is 2.38. The molecule has 20 heavy (non-hydrogen) atoms. The Morgan fingerprint density at radius 3 is 2.10 bits per heavy atom. The molecule has 2 saturated carbocycles. The Bertz CT molecular complexity index is 262. The molecule has 1 N–H and O–H groups in total. The van der Waals surface area contributed by atoms with Crippen LogP contribution in [0.25, 0.3) is 0 Å². The molecule has 2 rings (SSSR count). The van der Waals surface area contributed by atoms with E-state index in [0.29, 0.717) is 6.04 Å². The fourth-order valence-electron chi connectivity index (χ4n) is 4.41. The first-order valence-electron chi connectivity index (χ1n) is 8.58. The van der Waals surface area contributed by atoms with Crippen LogP contribution in [-0.2, 0) is 9.47 Å². The zero-order valence-electron chi connectivity index (χ0n) is 13.6. The Labute approximate surface area is 124 Å². The van der Waals surface area contributed by atoms with Gasteiger partial charge in [-0.2, -0.15) is 0 Å². The highest BCUT2D eigenvalue weighted by molar-refractivity contribution is 4.88. The van der Waals surface area contributed by atoms with Crippen LogP contribution >= 0.6 is 0 Å². The normalized spacial score (nSPS) is 30.6. The molecule has 0 saturated heterocycles. The summed E-state index contributed by atoms with van der Waals surface area (Å²) in [6, 6.07) is 0.925. The molecule has 3 atom stereocenters. The minimum absolute atomic E-state index is 0.135. The second-order valence-corrected chi connectivity index (χ2v) is 6.75. The van der Waals surface area contributed by atoms with Crippen LogP contribution in [0.15, 0.2) is 0 Å². The van der Waals surface area contributed by atoms with E-state index >= 15 is 0 Å². The van der Waals surface area contributed by atoms with Gasteiger partial charge in [-0.15, -0.1) is 0 Å². The Morgan fingerprint density at radius 2 is 1.45 bits per heavy atom. The summed E-state index contributed by atoms with van der Waals surface area (Å²) in [5, 5.41) is 3.82. The molecule has 2 aliphatic rings. The molecular formula is C17H33NO2. The predicted molar refractivity (Wildman–Crippen MR) is 82.7 cm³/mol. The second kappa shape index (κ2) is 8.35. The number of hydrogen-bond donors (Lipinski definition) is 1. The molecule has 0 aromatic carbocycles. The lowest BCUT2D eigenvalue weighted by atomic mass is 9.71. The van der Waals surface area contributed by atoms with Crippen molar-refractivity contribution in [2.45, 2.75) is 83.1 Å². The van der Waals surface area contributed by atoms with Gasteiger partial charge >= 0.3 is 0 Å². The molecule has 3 heteroatoms. The van der Waals surface area contributed by atoms with E-state index in [4.69, 9.17) is 9.47 Å². The van der Waals surface area contributed by atoms with E-state index in [-0.39, 0.29) is 12.3 Å². The Kier molecular flexibility index (Phi) is 6.79. The van der Waals surface area contributed by atoms with Crippen molar-refractivity contribution in [3.8, 4) is 0 Å². The van der Waals surface area contributed by atoms with Crippen molar-refractivity contribution in [2.24, 2.45) is 11.8 Å². The van der Waals surface area contributed by atoms with Gasteiger partial charge in [-0.05, 0) is 31.6 Å². The van der Waals surface area contributed by atoms with Crippen LogP contribution in [0.5, 0.6) is 0 Å². The smallest absolute Gasteiger partial charge is 0.171 e. The second-order valence-electron chi connectivity index (χ2n) is 6.75. The minimum Gasteiger partial charge on any atom is -0.354 e. The molecule has 0 spiro atoms. The van der Waals surface area contributed by atoms with Crippen molar-refractivity contribution >= 4 is 0 Å². The van der Waals surface area contributed by atoms with Gasteiger partial charge in [0, 0.05) is 20.3 Å². The van der Waals surface area contributed by atoms with Crippen LogP contribution in [0.4, 0.5) is 0 Å². The lowest BCUT2D eigenvalue weighted by Crippen LogP contribution is -2.50.